The van der Waals surface area contributed by atoms with Gasteiger partial charge in [-0.3, -0.25) is 4.68 Å². The van der Waals surface area contributed by atoms with Crippen LogP contribution in [0, 0.1) is 0 Å². The standard InChI is InChI=1S/C16H23N3O/c1-5-20-15-8-6-14(7-9-15)17-10-13-11-19(4)18-16(13)12(2)3/h6-9,11-12,17H,5,10H2,1-4H3. The van der Waals surface area contributed by atoms with E-state index < -0.39 is 0 Å². The zero-order valence-electron chi connectivity index (χ0n) is 12.7. The fourth-order valence-electron chi connectivity index (χ4n) is 2.21. The predicted molar refractivity (Wildman–Crippen MR) is 82.2 cm³/mol. The maximum atomic E-state index is 5.44. The smallest absolute Gasteiger partial charge is 0.119 e. The van der Waals surface area contributed by atoms with Crippen molar-refractivity contribution in [2.45, 2.75) is 33.2 Å². The number of benzene rings is 1. The molecule has 1 aromatic carbocycles. The van der Waals surface area contributed by atoms with Crippen LogP contribution < -0.4 is 10.1 Å². The highest BCUT2D eigenvalue weighted by Crippen LogP contribution is 2.20. The SMILES string of the molecule is CCOc1ccc(NCc2cn(C)nc2C(C)C)cc1. The van der Waals surface area contributed by atoms with Crippen molar-refractivity contribution in [2.24, 2.45) is 7.05 Å². The van der Waals surface area contributed by atoms with Crippen molar-refractivity contribution >= 4 is 5.69 Å². The quantitative estimate of drug-likeness (QED) is 0.874. The van der Waals surface area contributed by atoms with Crippen LogP contribution in [0.2, 0.25) is 0 Å². The maximum absolute atomic E-state index is 5.44. The molecule has 1 heterocycles. The van der Waals surface area contributed by atoms with Gasteiger partial charge in [-0.2, -0.15) is 5.10 Å². The van der Waals surface area contributed by atoms with Gasteiger partial charge in [-0.1, -0.05) is 13.8 Å². The number of rotatable bonds is 6. The summed E-state index contributed by atoms with van der Waals surface area (Å²) in [7, 11) is 1.96. The molecule has 4 nitrogen and oxygen atoms in total. The summed E-state index contributed by atoms with van der Waals surface area (Å²) in [6.45, 7) is 7.81. The Morgan fingerprint density at radius 2 is 1.95 bits per heavy atom. The van der Waals surface area contributed by atoms with Crippen molar-refractivity contribution in [1.82, 2.24) is 9.78 Å². The summed E-state index contributed by atoms with van der Waals surface area (Å²) in [4.78, 5) is 0. The number of nitrogens with zero attached hydrogens (tertiary/aromatic N) is 2. The Hall–Kier alpha value is -1.97. The van der Waals surface area contributed by atoms with E-state index in [9.17, 15) is 0 Å². The average Bonchev–Trinajstić information content (AvgIpc) is 2.80. The van der Waals surface area contributed by atoms with E-state index in [0.29, 0.717) is 12.5 Å². The summed E-state index contributed by atoms with van der Waals surface area (Å²) in [6, 6.07) is 8.05. The highest BCUT2D eigenvalue weighted by molar-refractivity contribution is 5.47. The first-order valence-corrected chi connectivity index (χ1v) is 7.09. The Balaban J connectivity index is 2.01. The second kappa shape index (κ2) is 6.46. The second-order valence-corrected chi connectivity index (χ2v) is 5.18. The summed E-state index contributed by atoms with van der Waals surface area (Å²) in [5, 5.41) is 7.95. The molecule has 1 N–H and O–H groups in total. The number of aromatic nitrogens is 2. The number of hydrogen-bond donors (Lipinski definition) is 1. The summed E-state index contributed by atoms with van der Waals surface area (Å²) < 4.78 is 7.32. The minimum Gasteiger partial charge on any atom is -0.494 e. The second-order valence-electron chi connectivity index (χ2n) is 5.18. The van der Waals surface area contributed by atoms with Crippen LogP contribution in [0.5, 0.6) is 5.75 Å². The van der Waals surface area contributed by atoms with Gasteiger partial charge < -0.3 is 10.1 Å². The van der Waals surface area contributed by atoms with Crippen molar-refractivity contribution in [3.8, 4) is 5.75 Å². The monoisotopic (exact) mass is 273 g/mol. The number of aryl methyl sites for hydroxylation is 1. The number of ether oxygens (including phenoxy) is 1. The third kappa shape index (κ3) is 3.53. The third-order valence-corrected chi connectivity index (χ3v) is 3.13. The molecule has 108 valence electrons. The Labute approximate surface area is 120 Å². The summed E-state index contributed by atoms with van der Waals surface area (Å²) in [5.74, 6) is 1.34. The van der Waals surface area contributed by atoms with E-state index in [2.05, 4.69) is 30.5 Å². The van der Waals surface area contributed by atoms with Gasteiger partial charge in [-0.25, -0.2) is 0 Å². The molecule has 0 bridgehead atoms. The Kier molecular flexibility index (Phi) is 4.66. The molecule has 0 atom stereocenters. The van der Waals surface area contributed by atoms with Crippen LogP contribution in [0.25, 0.3) is 0 Å². The van der Waals surface area contributed by atoms with Crippen LogP contribution in [-0.2, 0) is 13.6 Å². The zero-order valence-corrected chi connectivity index (χ0v) is 12.7. The lowest BCUT2D eigenvalue weighted by atomic mass is 10.1. The molecule has 4 heteroatoms. The largest absolute Gasteiger partial charge is 0.494 e. The molecule has 0 saturated heterocycles. The van der Waals surface area contributed by atoms with Gasteiger partial charge >= 0.3 is 0 Å². The fraction of sp³-hybridized carbons (Fsp3) is 0.438. The highest BCUT2D eigenvalue weighted by Gasteiger charge is 2.10. The van der Waals surface area contributed by atoms with Crippen molar-refractivity contribution in [3.05, 3.63) is 41.7 Å². The van der Waals surface area contributed by atoms with Crippen molar-refractivity contribution in [2.75, 3.05) is 11.9 Å². The number of hydrogen-bond acceptors (Lipinski definition) is 3. The van der Waals surface area contributed by atoms with Gasteiger partial charge in [0.1, 0.15) is 5.75 Å². The van der Waals surface area contributed by atoms with E-state index in [-0.39, 0.29) is 0 Å². The lowest BCUT2D eigenvalue weighted by Crippen LogP contribution is -2.02. The van der Waals surface area contributed by atoms with Crippen molar-refractivity contribution in [1.29, 1.82) is 0 Å². The lowest BCUT2D eigenvalue weighted by Gasteiger charge is -2.09. The van der Waals surface area contributed by atoms with E-state index in [1.807, 2.05) is 42.9 Å². The normalized spacial score (nSPS) is 10.8. The summed E-state index contributed by atoms with van der Waals surface area (Å²) in [5.41, 5.74) is 3.49. The van der Waals surface area contributed by atoms with E-state index in [1.165, 1.54) is 5.56 Å². The molecule has 1 aromatic heterocycles. The molecule has 2 rings (SSSR count). The molecule has 0 aliphatic heterocycles. The minimum absolute atomic E-state index is 0.438. The third-order valence-electron chi connectivity index (χ3n) is 3.13. The van der Waals surface area contributed by atoms with Gasteiger partial charge in [-0.15, -0.1) is 0 Å². The number of anilines is 1. The van der Waals surface area contributed by atoms with Gasteiger partial charge in [-0.05, 0) is 37.1 Å². The van der Waals surface area contributed by atoms with Gasteiger partial charge in [0.25, 0.3) is 0 Å². The van der Waals surface area contributed by atoms with E-state index in [0.717, 1.165) is 23.7 Å². The van der Waals surface area contributed by atoms with Crippen LogP contribution in [0.3, 0.4) is 0 Å². The first kappa shape index (κ1) is 14.4. The molecule has 0 saturated carbocycles. The lowest BCUT2D eigenvalue weighted by molar-refractivity contribution is 0.340. The molecular formula is C16H23N3O. The fourth-order valence-corrected chi connectivity index (χ4v) is 2.21. The van der Waals surface area contributed by atoms with Crippen molar-refractivity contribution in [3.63, 3.8) is 0 Å². The Morgan fingerprint density at radius 3 is 2.55 bits per heavy atom. The Bertz CT molecular complexity index is 543. The summed E-state index contributed by atoms with van der Waals surface area (Å²) >= 11 is 0. The average molecular weight is 273 g/mol. The van der Waals surface area contributed by atoms with Gasteiger partial charge in [0.05, 0.1) is 12.3 Å². The Morgan fingerprint density at radius 1 is 1.25 bits per heavy atom. The van der Waals surface area contributed by atoms with E-state index in [1.54, 1.807) is 0 Å². The van der Waals surface area contributed by atoms with Crippen LogP contribution in [-0.4, -0.2) is 16.4 Å². The summed E-state index contributed by atoms with van der Waals surface area (Å²) in [6.07, 6.45) is 2.08. The van der Waals surface area contributed by atoms with Gasteiger partial charge in [0.15, 0.2) is 0 Å². The van der Waals surface area contributed by atoms with Gasteiger partial charge in [0, 0.05) is 31.0 Å². The van der Waals surface area contributed by atoms with Crippen LogP contribution in [0.1, 0.15) is 37.9 Å². The van der Waals surface area contributed by atoms with Crippen molar-refractivity contribution < 1.29 is 4.74 Å². The molecule has 0 aliphatic rings. The van der Waals surface area contributed by atoms with Crippen LogP contribution in [0.4, 0.5) is 5.69 Å². The topological polar surface area (TPSA) is 39.1 Å². The molecule has 0 amide bonds. The molecule has 0 radical (unpaired) electrons. The molecule has 20 heavy (non-hydrogen) atoms. The molecule has 2 aromatic rings. The first-order chi connectivity index (χ1) is 9.60. The minimum atomic E-state index is 0.438. The number of nitrogens with one attached hydrogen (secondary N) is 1. The maximum Gasteiger partial charge on any atom is 0.119 e. The predicted octanol–water partition coefficient (Wildman–Crippen LogP) is 3.55. The highest BCUT2D eigenvalue weighted by atomic mass is 16.5. The molecule has 0 aliphatic carbocycles. The van der Waals surface area contributed by atoms with E-state index in [4.69, 9.17) is 4.74 Å². The zero-order chi connectivity index (χ0) is 14.5. The van der Waals surface area contributed by atoms with Crippen LogP contribution >= 0.6 is 0 Å². The first-order valence-electron chi connectivity index (χ1n) is 7.09. The molecule has 0 fully saturated rings. The van der Waals surface area contributed by atoms with E-state index >= 15 is 0 Å². The van der Waals surface area contributed by atoms with Gasteiger partial charge in [0.2, 0.25) is 0 Å². The van der Waals surface area contributed by atoms with Crippen LogP contribution in [0.15, 0.2) is 30.5 Å². The molecule has 0 spiro atoms. The molecule has 0 unspecified atom stereocenters. The molecular weight excluding hydrogens is 250 g/mol.